The van der Waals surface area contributed by atoms with Gasteiger partial charge in [0.25, 0.3) is 5.91 Å². The molecule has 0 aliphatic carbocycles. The number of halogens is 1. The molecule has 0 aliphatic rings. The monoisotopic (exact) mass is 454 g/mol. The fourth-order valence-electron chi connectivity index (χ4n) is 2.42. The Bertz CT molecular complexity index is 1020. The van der Waals surface area contributed by atoms with Gasteiger partial charge in [-0.2, -0.15) is 0 Å². The summed E-state index contributed by atoms with van der Waals surface area (Å²) in [7, 11) is 0.213. The van der Waals surface area contributed by atoms with Crippen molar-refractivity contribution in [3.05, 3.63) is 58.6 Å². The van der Waals surface area contributed by atoms with E-state index in [1.165, 1.54) is 40.3 Å². The molecule has 1 atom stereocenters. The van der Waals surface area contributed by atoms with E-state index in [9.17, 15) is 18.0 Å². The second kappa shape index (κ2) is 9.92. The van der Waals surface area contributed by atoms with E-state index in [2.05, 4.69) is 5.32 Å². The maximum atomic E-state index is 12.5. The lowest BCUT2D eigenvalue weighted by atomic mass is 10.2. The van der Waals surface area contributed by atoms with Crippen molar-refractivity contribution in [3.63, 3.8) is 0 Å². The Morgan fingerprint density at radius 3 is 2.33 bits per heavy atom. The smallest absolute Gasteiger partial charge is 0.338 e. The van der Waals surface area contributed by atoms with E-state index in [0.717, 1.165) is 15.9 Å². The number of carbonyl (C=O) groups excluding carboxylic acids is 2. The van der Waals surface area contributed by atoms with Crippen molar-refractivity contribution in [2.24, 2.45) is 0 Å². The van der Waals surface area contributed by atoms with Gasteiger partial charge in [0.05, 0.1) is 12.7 Å². The number of amides is 1. The number of nitrogens with one attached hydrogen (secondary N) is 1. The summed E-state index contributed by atoms with van der Waals surface area (Å²) >= 11 is 5.82. The van der Waals surface area contributed by atoms with E-state index >= 15 is 0 Å². The van der Waals surface area contributed by atoms with Crippen LogP contribution in [0.25, 0.3) is 0 Å². The van der Waals surface area contributed by atoms with Crippen LogP contribution in [0.5, 0.6) is 5.75 Å². The predicted molar refractivity (Wildman–Crippen MR) is 112 cm³/mol. The van der Waals surface area contributed by atoms with Crippen molar-refractivity contribution in [2.75, 3.05) is 21.2 Å². The average molecular weight is 455 g/mol. The number of methoxy groups -OCH3 is 1. The van der Waals surface area contributed by atoms with Gasteiger partial charge in [-0.25, -0.2) is 17.5 Å². The largest absolute Gasteiger partial charge is 0.495 e. The van der Waals surface area contributed by atoms with Crippen molar-refractivity contribution in [3.8, 4) is 5.75 Å². The molecule has 30 heavy (non-hydrogen) atoms. The van der Waals surface area contributed by atoms with Crippen LogP contribution in [-0.2, 0) is 26.1 Å². The van der Waals surface area contributed by atoms with Gasteiger partial charge < -0.3 is 14.8 Å². The van der Waals surface area contributed by atoms with Crippen molar-refractivity contribution in [2.45, 2.75) is 24.5 Å². The summed E-state index contributed by atoms with van der Waals surface area (Å²) in [6.07, 6.45) is -1.08. The van der Waals surface area contributed by atoms with Gasteiger partial charge in [0.2, 0.25) is 10.0 Å². The summed E-state index contributed by atoms with van der Waals surface area (Å²) < 4.78 is 36.2. The van der Waals surface area contributed by atoms with Gasteiger partial charge in [0.1, 0.15) is 10.6 Å². The minimum absolute atomic E-state index is 0.0198. The summed E-state index contributed by atoms with van der Waals surface area (Å²) in [5, 5.41) is 3.25. The Morgan fingerprint density at radius 2 is 1.77 bits per heavy atom. The first-order chi connectivity index (χ1) is 14.1. The first-order valence-corrected chi connectivity index (χ1v) is 10.7. The number of rotatable bonds is 8. The van der Waals surface area contributed by atoms with Crippen LogP contribution in [0.3, 0.4) is 0 Å². The third-order valence-corrected chi connectivity index (χ3v) is 6.28. The number of benzene rings is 2. The van der Waals surface area contributed by atoms with Crippen LogP contribution in [0.2, 0.25) is 5.02 Å². The molecule has 0 bridgehead atoms. The molecule has 1 amide bonds. The molecule has 0 fully saturated rings. The summed E-state index contributed by atoms with van der Waals surface area (Å²) in [5.41, 5.74) is 0.813. The zero-order valence-corrected chi connectivity index (χ0v) is 18.6. The van der Waals surface area contributed by atoms with Crippen LogP contribution in [0.4, 0.5) is 0 Å². The third kappa shape index (κ3) is 5.71. The second-order valence-electron chi connectivity index (χ2n) is 6.54. The lowest BCUT2D eigenvalue weighted by Gasteiger charge is -2.16. The van der Waals surface area contributed by atoms with Crippen molar-refractivity contribution < 1.29 is 27.5 Å². The van der Waals surface area contributed by atoms with Crippen molar-refractivity contribution in [1.29, 1.82) is 0 Å². The molecule has 162 valence electrons. The van der Waals surface area contributed by atoms with Crippen LogP contribution in [0.1, 0.15) is 22.8 Å². The minimum atomic E-state index is -3.85. The summed E-state index contributed by atoms with van der Waals surface area (Å²) in [6.45, 7) is 1.67. The molecule has 0 aliphatic heterocycles. The zero-order valence-electron chi connectivity index (χ0n) is 17.0. The molecular formula is C20H23ClN2O6S. The Kier molecular flexibility index (Phi) is 7.83. The Labute approximate surface area is 180 Å². The highest BCUT2D eigenvalue weighted by Gasteiger charge is 2.25. The normalized spacial score (nSPS) is 12.3. The van der Waals surface area contributed by atoms with Crippen LogP contribution in [-0.4, -0.2) is 51.9 Å². The fourth-order valence-corrected chi connectivity index (χ4v) is 3.62. The van der Waals surface area contributed by atoms with Gasteiger partial charge >= 0.3 is 5.97 Å². The molecule has 2 aromatic carbocycles. The highest BCUT2D eigenvalue weighted by Crippen LogP contribution is 2.27. The van der Waals surface area contributed by atoms with Gasteiger partial charge in [0.15, 0.2) is 6.10 Å². The van der Waals surface area contributed by atoms with Gasteiger partial charge in [-0.15, -0.1) is 0 Å². The van der Waals surface area contributed by atoms with Gasteiger partial charge in [-0.1, -0.05) is 23.7 Å². The SMILES string of the molecule is COc1ccc(C(=O)OC(C)C(=O)NCc2ccc(Cl)cc2)cc1S(=O)(=O)N(C)C. The van der Waals surface area contributed by atoms with Gasteiger partial charge in [-0.05, 0) is 42.8 Å². The highest BCUT2D eigenvalue weighted by atomic mass is 35.5. The number of nitrogens with zero attached hydrogens (tertiary/aromatic N) is 1. The fraction of sp³-hybridized carbons (Fsp3) is 0.300. The molecule has 0 heterocycles. The quantitative estimate of drug-likeness (QED) is 0.615. The molecule has 0 saturated carbocycles. The minimum Gasteiger partial charge on any atom is -0.495 e. The second-order valence-corrected chi connectivity index (χ2v) is 9.10. The lowest BCUT2D eigenvalue weighted by Crippen LogP contribution is -2.35. The van der Waals surface area contributed by atoms with E-state index in [4.69, 9.17) is 21.1 Å². The molecule has 0 aromatic heterocycles. The van der Waals surface area contributed by atoms with Crippen LogP contribution >= 0.6 is 11.6 Å². The highest BCUT2D eigenvalue weighted by molar-refractivity contribution is 7.89. The molecule has 1 unspecified atom stereocenters. The number of sulfonamides is 1. The molecule has 10 heteroatoms. The predicted octanol–water partition coefficient (Wildman–Crippen LogP) is 2.46. The molecule has 2 aromatic rings. The maximum absolute atomic E-state index is 12.5. The van der Waals surface area contributed by atoms with Crippen molar-refractivity contribution >= 4 is 33.5 Å². The molecular weight excluding hydrogens is 432 g/mol. The number of carbonyl (C=O) groups is 2. The van der Waals surface area contributed by atoms with Crippen LogP contribution in [0.15, 0.2) is 47.4 Å². The number of esters is 1. The zero-order chi connectivity index (χ0) is 22.5. The number of ether oxygens (including phenoxy) is 2. The summed E-state index contributed by atoms with van der Waals surface area (Å²) in [4.78, 5) is 24.5. The van der Waals surface area contributed by atoms with Crippen LogP contribution in [0, 0.1) is 0 Å². The Hall–Kier alpha value is -2.62. The van der Waals surface area contributed by atoms with Gasteiger partial charge in [-0.3, -0.25) is 4.79 Å². The van der Waals surface area contributed by atoms with E-state index in [-0.39, 0.29) is 22.8 Å². The first kappa shape index (κ1) is 23.7. The average Bonchev–Trinajstić information content (AvgIpc) is 2.72. The Balaban J connectivity index is 2.09. The van der Waals surface area contributed by atoms with E-state index in [0.29, 0.717) is 5.02 Å². The third-order valence-electron chi connectivity index (χ3n) is 4.19. The summed E-state index contributed by atoms with van der Waals surface area (Å²) in [6, 6.07) is 10.8. The number of hydrogen-bond donors (Lipinski definition) is 1. The van der Waals surface area contributed by atoms with E-state index in [1.54, 1.807) is 24.3 Å². The maximum Gasteiger partial charge on any atom is 0.338 e. The van der Waals surface area contributed by atoms with Crippen molar-refractivity contribution in [1.82, 2.24) is 9.62 Å². The van der Waals surface area contributed by atoms with Crippen LogP contribution < -0.4 is 10.1 Å². The van der Waals surface area contributed by atoms with E-state index < -0.39 is 28.0 Å². The molecule has 0 spiro atoms. The Morgan fingerprint density at radius 1 is 1.13 bits per heavy atom. The van der Waals surface area contributed by atoms with Gasteiger partial charge in [0, 0.05) is 25.7 Å². The topological polar surface area (TPSA) is 102 Å². The molecule has 0 saturated heterocycles. The standard InChI is InChI=1S/C20H23ClN2O6S/c1-13(19(24)22-12-14-5-8-16(21)9-6-14)29-20(25)15-7-10-17(28-4)18(11-15)30(26,27)23(2)3/h5-11,13H,12H2,1-4H3,(H,22,24). The molecule has 8 nitrogen and oxygen atoms in total. The first-order valence-electron chi connectivity index (χ1n) is 8.90. The number of hydrogen-bond acceptors (Lipinski definition) is 6. The molecule has 1 N–H and O–H groups in total. The lowest BCUT2D eigenvalue weighted by molar-refractivity contribution is -0.129. The molecule has 2 rings (SSSR count). The summed E-state index contributed by atoms with van der Waals surface area (Å²) in [5.74, 6) is -1.23. The van der Waals surface area contributed by atoms with E-state index in [1.807, 2.05) is 0 Å². The molecule has 0 radical (unpaired) electrons.